The Labute approximate surface area is 177 Å². The summed E-state index contributed by atoms with van der Waals surface area (Å²) in [4.78, 5) is 28.8. The Morgan fingerprint density at radius 3 is 2.90 bits per heavy atom. The van der Waals surface area contributed by atoms with Crippen molar-refractivity contribution in [3.63, 3.8) is 0 Å². The zero-order valence-electron chi connectivity index (χ0n) is 15.5. The number of nitrogens with one attached hydrogen (secondary N) is 2. The average Bonchev–Trinajstić information content (AvgIpc) is 3.09. The van der Waals surface area contributed by atoms with Gasteiger partial charge in [0, 0.05) is 31.8 Å². The first kappa shape index (κ1) is 21.5. The molecule has 0 aliphatic carbocycles. The topological polar surface area (TPSA) is 118 Å². The fourth-order valence-corrected chi connectivity index (χ4v) is 4.95. The second kappa shape index (κ2) is 9.08. The maximum atomic E-state index is 12.6. The summed E-state index contributed by atoms with van der Waals surface area (Å²) in [6.45, 7) is 2.97. The first-order valence-corrected chi connectivity index (χ1v) is 11.4. The van der Waals surface area contributed by atoms with Gasteiger partial charge in [-0.25, -0.2) is 13.4 Å². The highest BCUT2D eigenvalue weighted by Gasteiger charge is 2.20. The Morgan fingerprint density at radius 2 is 2.21 bits per heavy atom. The number of thiazole rings is 1. The number of ether oxygens (including phenoxy) is 1. The normalized spacial score (nSPS) is 14.7. The highest BCUT2D eigenvalue weighted by atomic mass is 35.5. The smallest absolute Gasteiger partial charge is 0.263 e. The number of carbonyl (C=O) groups excluding carboxylic acids is 2. The third-order valence-electron chi connectivity index (χ3n) is 4.06. The largest absolute Gasteiger partial charge is 0.370 e. The van der Waals surface area contributed by atoms with E-state index in [9.17, 15) is 18.0 Å². The molecule has 1 fully saturated rings. The standard InChI is InChI=1S/C17H19ClN4O5S2/c1-11(23)19-15-3-2-13(8-14(15)18)29(25,26)21-17-20-12(10-28-17)4-5-22-6-7-27-9-16(22)24/h2-3,8,10H,4-7,9H2,1H3,(H,19,23)(H,20,21). The summed E-state index contributed by atoms with van der Waals surface area (Å²) < 4.78 is 32.7. The number of halogens is 1. The Balaban J connectivity index is 1.64. The predicted octanol–water partition coefficient (Wildman–Crippen LogP) is 1.96. The summed E-state index contributed by atoms with van der Waals surface area (Å²) in [6.07, 6.45) is 0.515. The van der Waals surface area contributed by atoms with Crippen molar-refractivity contribution in [1.82, 2.24) is 9.88 Å². The number of aromatic nitrogens is 1. The molecule has 0 atom stereocenters. The fourth-order valence-electron chi connectivity index (χ4n) is 2.63. The van der Waals surface area contributed by atoms with Gasteiger partial charge in [-0.3, -0.25) is 14.3 Å². The lowest BCUT2D eigenvalue weighted by Gasteiger charge is -2.26. The van der Waals surface area contributed by atoms with Crippen molar-refractivity contribution in [2.45, 2.75) is 18.2 Å². The van der Waals surface area contributed by atoms with Gasteiger partial charge in [0.2, 0.25) is 11.8 Å². The predicted molar refractivity (Wildman–Crippen MR) is 110 cm³/mol. The van der Waals surface area contributed by atoms with Crippen molar-refractivity contribution in [2.24, 2.45) is 0 Å². The maximum Gasteiger partial charge on any atom is 0.263 e. The second-order valence-electron chi connectivity index (χ2n) is 6.26. The summed E-state index contributed by atoms with van der Waals surface area (Å²) in [6, 6.07) is 4.02. The van der Waals surface area contributed by atoms with Crippen LogP contribution in [0.2, 0.25) is 5.02 Å². The third-order valence-corrected chi connectivity index (χ3v) is 6.64. The lowest BCUT2D eigenvalue weighted by molar-refractivity contribution is -0.142. The number of carbonyl (C=O) groups is 2. The lowest BCUT2D eigenvalue weighted by Crippen LogP contribution is -2.42. The zero-order valence-corrected chi connectivity index (χ0v) is 17.9. The van der Waals surface area contributed by atoms with E-state index in [1.807, 2.05) is 0 Å². The van der Waals surface area contributed by atoms with Crippen molar-refractivity contribution < 1.29 is 22.7 Å². The molecule has 12 heteroatoms. The van der Waals surface area contributed by atoms with Crippen LogP contribution in [0.1, 0.15) is 12.6 Å². The molecule has 1 aromatic heterocycles. The molecule has 1 aliphatic rings. The number of amides is 2. The molecule has 0 spiro atoms. The second-order valence-corrected chi connectivity index (χ2v) is 9.20. The van der Waals surface area contributed by atoms with Crippen LogP contribution in [0.3, 0.4) is 0 Å². The summed E-state index contributed by atoms with van der Waals surface area (Å²) in [5, 5.41) is 4.59. The molecule has 1 saturated heterocycles. The molecule has 1 aliphatic heterocycles. The highest BCUT2D eigenvalue weighted by molar-refractivity contribution is 7.93. The van der Waals surface area contributed by atoms with Crippen molar-refractivity contribution >= 4 is 55.6 Å². The summed E-state index contributed by atoms with van der Waals surface area (Å²) >= 11 is 7.21. The molecule has 2 amide bonds. The van der Waals surface area contributed by atoms with Crippen LogP contribution in [0.4, 0.5) is 10.8 Å². The van der Waals surface area contributed by atoms with Gasteiger partial charge in [-0.2, -0.15) is 0 Å². The quantitative estimate of drug-likeness (QED) is 0.654. The van der Waals surface area contributed by atoms with Crippen molar-refractivity contribution in [3.05, 3.63) is 34.3 Å². The number of morpholine rings is 1. The zero-order chi connectivity index (χ0) is 21.0. The molecule has 1 aromatic carbocycles. The van der Waals surface area contributed by atoms with Crippen LogP contribution in [0.25, 0.3) is 0 Å². The van der Waals surface area contributed by atoms with E-state index in [1.54, 1.807) is 10.3 Å². The van der Waals surface area contributed by atoms with Crippen molar-refractivity contribution in [1.29, 1.82) is 0 Å². The summed E-state index contributed by atoms with van der Waals surface area (Å²) in [5.41, 5.74) is 1.01. The molecule has 0 unspecified atom stereocenters. The average molecular weight is 459 g/mol. The van der Waals surface area contributed by atoms with Gasteiger partial charge < -0.3 is 15.0 Å². The first-order valence-electron chi connectivity index (χ1n) is 8.64. The van der Waals surface area contributed by atoms with E-state index in [-0.39, 0.29) is 33.5 Å². The van der Waals surface area contributed by atoms with Gasteiger partial charge in [0.1, 0.15) is 6.61 Å². The minimum atomic E-state index is -3.89. The molecule has 0 saturated carbocycles. The van der Waals surface area contributed by atoms with E-state index in [0.717, 1.165) is 11.3 Å². The Bertz CT molecular complexity index is 1020. The number of rotatable bonds is 7. The Morgan fingerprint density at radius 1 is 1.41 bits per heavy atom. The number of anilines is 2. The SMILES string of the molecule is CC(=O)Nc1ccc(S(=O)(=O)Nc2nc(CCN3CCOCC3=O)cs2)cc1Cl. The first-order chi connectivity index (χ1) is 13.7. The van der Waals surface area contributed by atoms with Crippen LogP contribution < -0.4 is 10.0 Å². The van der Waals surface area contributed by atoms with Crippen molar-refractivity contribution in [2.75, 3.05) is 36.3 Å². The number of nitrogens with zero attached hydrogens (tertiary/aromatic N) is 2. The minimum Gasteiger partial charge on any atom is -0.370 e. The molecule has 0 radical (unpaired) electrons. The van der Waals surface area contributed by atoms with Gasteiger partial charge in [0.05, 0.1) is 27.9 Å². The van der Waals surface area contributed by atoms with E-state index in [2.05, 4.69) is 15.0 Å². The number of sulfonamides is 1. The molecular formula is C17H19ClN4O5S2. The molecule has 9 nitrogen and oxygen atoms in total. The van der Waals surface area contributed by atoms with Gasteiger partial charge in [0.25, 0.3) is 10.0 Å². The van der Waals surface area contributed by atoms with Crippen LogP contribution in [-0.4, -0.2) is 56.4 Å². The van der Waals surface area contributed by atoms with Crippen LogP contribution in [-0.2, 0) is 30.8 Å². The number of hydrogen-bond acceptors (Lipinski definition) is 7. The highest BCUT2D eigenvalue weighted by Crippen LogP contribution is 2.27. The van der Waals surface area contributed by atoms with E-state index in [1.165, 1.54) is 25.1 Å². The summed E-state index contributed by atoms with van der Waals surface area (Å²) in [7, 11) is -3.89. The maximum absolute atomic E-state index is 12.6. The van der Waals surface area contributed by atoms with E-state index < -0.39 is 10.0 Å². The van der Waals surface area contributed by atoms with E-state index >= 15 is 0 Å². The molecule has 2 heterocycles. The van der Waals surface area contributed by atoms with Crippen LogP contribution >= 0.6 is 22.9 Å². The molecule has 3 rings (SSSR count). The molecule has 156 valence electrons. The molecule has 2 aromatic rings. The van der Waals surface area contributed by atoms with Crippen LogP contribution in [0.15, 0.2) is 28.5 Å². The minimum absolute atomic E-state index is 0.0488. The number of benzene rings is 1. The van der Waals surface area contributed by atoms with Gasteiger partial charge in [-0.05, 0) is 18.2 Å². The van der Waals surface area contributed by atoms with Gasteiger partial charge >= 0.3 is 0 Å². The fraction of sp³-hybridized carbons (Fsp3) is 0.353. The monoisotopic (exact) mass is 458 g/mol. The number of hydrogen-bond donors (Lipinski definition) is 2. The molecule has 29 heavy (non-hydrogen) atoms. The lowest BCUT2D eigenvalue weighted by atomic mass is 10.3. The van der Waals surface area contributed by atoms with Gasteiger partial charge in [0.15, 0.2) is 5.13 Å². The Kier molecular flexibility index (Phi) is 6.73. The van der Waals surface area contributed by atoms with Crippen LogP contribution in [0, 0.1) is 0 Å². The van der Waals surface area contributed by atoms with Crippen LogP contribution in [0.5, 0.6) is 0 Å². The van der Waals surface area contributed by atoms with Gasteiger partial charge in [-0.1, -0.05) is 11.6 Å². The molecule has 2 N–H and O–H groups in total. The van der Waals surface area contributed by atoms with E-state index in [0.29, 0.717) is 37.5 Å². The molecule has 0 bridgehead atoms. The molecular weight excluding hydrogens is 440 g/mol. The van der Waals surface area contributed by atoms with Gasteiger partial charge in [-0.15, -0.1) is 11.3 Å². The third kappa shape index (κ3) is 5.66. The van der Waals surface area contributed by atoms with Crippen molar-refractivity contribution in [3.8, 4) is 0 Å². The van der Waals surface area contributed by atoms with E-state index in [4.69, 9.17) is 16.3 Å². The Hall–Kier alpha value is -2.21. The summed E-state index contributed by atoms with van der Waals surface area (Å²) in [5.74, 6) is -0.373.